The van der Waals surface area contributed by atoms with Gasteiger partial charge in [-0.05, 0) is 48.9 Å². The molecule has 0 spiro atoms. The summed E-state index contributed by atoms with van der Waals surface area (Å²) in [5.41, 5.74) is 4.15. The van der Waals surface area contributed by atoms with Gasteiger partial charge in [-0.25, -0.2) is 14.8 Å². The summed E-state index contributed by atoms with van der Waals surface area (Å²) in [5, 5.41) is 5.38. The minimum absolute atomic E-state index is 0.205. The smallest absolute Gasteiger partial charge is 0.298 e. The number of benzene rings is 1. The molecule has 0 aliphatic heterocycles. The maximum atomic E-state index is 12.8. The van der Waals surface area contributed by atoms with Crippen molar-refractivity contribution in [3.63, 3.8) is 0 Å². The first kappa shape index (κ1) is 20.3. The number of thiazole rings is 1. The zero-order valence-electron chi connectivity index (χ0n) is 17.7. The van der Waals surface area contributed by atoms with Crippen LogP contribution in [0, 0.1) is 0 Å². The molecule has 1 aromatic carbocycles. The van der Waals surface area contributed by atoms with E-state index in [4.69, 9.17) is 0 Å². The Labute approximate surface area is 187 Å². The number of carbonyl (C=O) groups is 1. The fourth-order valence-electron chi connectivity index (χ4n) is 4.12. The fraction of sp³-hybridized carbons (Fsp3) is 0.261. The van der Waals surface area contributed by atoms with Crippen LogP contribution < -0.4 is 16.6 Å². The number of pyridine rings is 1. The van der Waals surface area contributed by atoms with E-state index in [0.29, 0.717) is 5.13 Å². The molecule has 0 bridgehead atoms. The van der Waals surface area contributed by atoms with Crippen LogP contribution in [0.4, 0.5) is 5.13 Å². The second-order valence-electron chi connectivity index (χ2n) is 7.98. The Morgan fingerprint density at radius 2 is 1.84 bits per heavy atom. The number of nitrogens with one attached hydrogen (secondary N) is 1. The van der Waals surface area contributed by atoms with E-state index in [9.17, 15) is 14.4 Å². The number of nitrogens with zero attached hydrogens (tertiary/aromatic N) is 4. The Balaban J connectivity index is 1.41. The van der Waals surface area contributed by atoms with Gasteiger partial charge in [-0.1, -0.05) is 12.1 Å². The van der Waals surface area contributed by atoms with Crippen LogP contribution in [0.5, 0.6) is 0 Å². The molecule has 1 amide bonds. The summed E-state index contributed by atoms with van der Waals surface area (Å²) in [5.74, 6) is -0.415. The zero-order chi connectivity index (χ0) is 22.4. The van der Waals surface area contributed by atoms with Crippen molar-refractivity contribution in [1.82, 2.24) is 19.1 Å². The van der Waals surface area contributed by atoms with Gasteiger partial charge < -0.3 is 0 Å². The highest BCUT2D eigenvalue weighted by molar-refractivity contribution is 7.14. The number of aromatic nitrogens is 4. The predicted octanol–water partition coefficient (Wildman–Crippen LogP) is 2.89. The lowest BCUT2D eigenvalue weighted by Crippen LogP contribution is -2.37. The standard InChI is InChI=1S/C23H21N5O3S/c1-27-19-17(21(30)28(2)23(27)31)10-16(11-24-19)20(29)26-22-25-18(12-32-22)15-8-7-13-5-3-4-6-14(13)9-15/h7-12H,3-6H2,1-2H3,(H,25,26,29). The van der Waals surface area contributed by atoms with Gasteiger partial charge in [-0.15, -0.1) is 11.3 Å². The van der Waals surface area contributed by atoms with E-state index < -0.39 is 17.2 Å². The predicted molar refractivity (Wildman–Crippen MR) is 124 cm³/mol. The monoisotopic (exact) mass is 447 g/mol. The molecule has 5 rings (SSSR count). The summed E-state index contributed by atoms with van der Waals surface area (Å²) in [7, 11) is 2.93. The molecule has 0 saturated heterocycles. The van der Waals surface area contributed by atoms with E-state index in [1.807, 2.05) is 5.38 Å². The lowest BCUT2D eigenvalue weighted by Gasteiger charge is -2.16. The molecule has 3 heterocycles. The molecule has 162 valence electrons. The normalized spacial score (nSPS) is 13.2. The largest absolute Gasteiger partial charge is 0.332 e. The molecule has 4 aromatic rings. The van der Waals surface area contributed by atoms with E-state index in [-0.39, 0.29) is 16.6 Å². The number of aryl methyl sites for hydroxylation is 3. The van der Waals surface area contributed by atoms with Crippen molar-refractivity contribution in [2.24, 2.45) is 14.1 Å². The van der Waals surface area contributed by atoms with Gasteiger partial charge in [-0.3, -0.25) is 24.0 Å². The minimum atomic E-state index is -0.491. The van der Waals surface area contributed by atoms with Gasteiger partial charge in [0.1, 0.15) is 5.65 Å². The molecular weight excluding hydrogens is 426 g/mol. The Morgan fingerprint density at radius 1 is 1.06 bits per heavy atom. The van der Waals surface area contributed by atoms with Gasteiger partial charge in [0, 0.05) is 31.2 Å². The molecule has 0 unspecified atom stereocenters. The van der Waals surface area contributed by atoms with Crippen molar-refractivity contribution in [1.29, 1.82) is 0 Å². The SMILES string of the molecule is Cn1c(=O)c2cc(C(=O)Nc3nc(-c4ccc5c(c4)CCCC5)cs3)cnc2n(C)c1=O. The van der Waals surface area contributed by atoms with Crippen molar-refractivity contribution >= 4 is 33.4 Å². The van der Waals surface area contributed by atoms with Gasteiger partial charge in [0.05, 0.1) is 16.6 Å². The van der Waals surface area contributed by atoms with Gasteiger partial charge in [0.25, 0.3) is 11.5 Å². The lowest BCUT2D eigenvalue weighted by atomic mass is 9.90. The van der Waals surface area contributed by atoms with E-state index in [1.54, 1.807) is 0 Å². The van der Waals surface area contributed by atoms with Crippen LogP contribution in [-0.4, -0.2) is 25.0 Å². The molecule has 1 aliphatic rings. The summed E-state index contributed by atoms with van der Waals surface area (Å²) in [4.78, 5) is 46.0. The molecule has 0 atom stereocenters. The maximum Gasteiger partial charge on any atom is 0.332 e. The van der Waals surface area contributed by atoms with Gasteiger partial charge >= 0.3 is 5.69 Å². The Morgan fingerprint density at radius 3 is 2.66 bits per heavy atom. The summed E-state index contributed by atoms with van der Waals surface area (Å²) < 4.78 is 2.28. The van der Waals surface area contributed by atoms with Crippen molar-refractivity contribution < 1.29 is 4.79 Å². The Bertz CT molecular complexity index is 1500. The fourth-order valence-corrected chi connectivity index (χ4v) is 4.83. The average molecular weight is 448 g/mol. The Kier molecular flexibility index (Phi) is 4.97. The van der Waals surface area contributed by atoms with Gasteiger partial charge in [0.2, 0.25) is 0 Å². The average Bonchev–Trinajstić information content (AvgIpc) is 3.29. The van der Waals surface area contributed by atoms with E-state index in [2.05, 4.69) is 33.5 Å². The zero-order valence-corrected chi connectivity index (χ0v) is 18.5. The number of rotatable bonds is 3. The molecule has 0 saturated carbocycles. The topological polar surface area (TPSA) is 98.9 Å². The van der Waals surface area contributed by atoms with Crippen molar-refractivity contribution in [3.05, 3.63) is 73.4 Å². The number of hydrogen-bond acceptors (Lipinski definition) is 6. The quantitative estimate of drug-likeness (QED) is 0.521. The summed E-state index contributed by atoms with van der Waals surface area (Å²) >= 11 is 1.34. The second-order valence-corrected chi connectivity index (χ2v) is 8.84. The second kappa shape index (κ2) is 7.83. The van der Waals surface area contributed by atoms with E-state index in [1.165, 1.54) is 66.2 Å². The van der Waals surface area contributed by atoms with Gasteiger partial charge in [0.15, 0.2) is 5.13 Å². The molecule has 3 aromatic heterocycles. The van der Waals surface area contributed by atoms with Gasteiger partial charge in [-0.2, -0.15) is 0 Å². The van der Waals surface area contributed by atoms with Crippen LogP contribution in [0.1, 0.15) is 34.3 Å². The minimum Gasteiger partial charge on any atom is -0.298 e. The molecule has 32 heavy (non-hydrogen) atoms. The van der Waals surface area contributed by atoms with E-state index >= 15 is 0 Å². The van der Waals surface area contributed by atoms with E-state index in [0.717, 1.165) is 28.7 Å². The highest BCUT2D eigenvalue weighted by atomic mass is 32.1. The van der Waals surface area contributed by atoms with Crippen molar-refractivity contribution in [2.45, 2.75) is 25.7 Å². The number of hydrogen-bond donors (Lipinski definition) is 1. The third-order valence-electron chi connectivity index (χ3n) is 5.92. The number of carbonyl (C=O) groups excluding carboxylic acids is 1. The molecule has 8 nitrogen and oxygen atoms in total. The first-order valence-corrected chi connectivity index (χ1v) is 11.2. The first-order valence-electron chi connectivity index (χ1n) is 10.4. The van der Waals surface area contributed by atoms with Crippen LogP contribution >= 0.6 is 11.3 Å². The number of fused-ring (bicyclic) bond motifs is 2. The highest BCUT2D eigenvalue weighted by Gasteiger charge is 2.16. The molecule has 1 aliphatic carbocycles. The number of anilines is 1. The van der Waals surface area contributed by atoms with Crippen molar-refractivity contribution in [3.8, 4) is 11.3 Å². The maximum absolute atomic E-state index is 12.8. The molecule has 1 N–H and O–H groups in total. The van der Waals surface area contributed by atoms with Crippen molar-refractivity contribution in [2.75, 3.05) is 5.32 Å². The third kappa shape index (κ3) is 3.44. The highest BCUT2D eigenvalue weighted by Crippen LogP contribution is 2.29. The first-order chi connectivity index (χ1) is 15.4. The van der Waals surface area contributed by atoms with Crippen LogP contribution in [0.2, 0.25) is 0 Å². The van der Waals surface area contributed by atoms with Crippen LogP contribution in [0.15, 0.2) is 45.4 Å². The van der Waals surface area contributed by atoms with Crippen LogP contribution in [0.25, 0.3) is 22.3 Å². The summed E-state index contributed by atoms with van der Waals surface area (Å²) in [6, 6.07) is 7.91. The molecule has 9 heteroatoms. The lowest BCUT2D eigenvalue weighted by molar-refractivity contribution is 0.102. The van der Waals surface area contributed by atoms with Crippen LogP contribution in [0.3, 0.4) is 0 Å². The summed E-state index contributed by atoms with van der Waals surface area (Å²) in [6.07, 6.45) is 6.04. The molecular formula is C23H21N5O3S. The molecule has 0 radical (unpaired) electrons. The van der Waals surface area contributed by atoms with Crippen LogP contribution in [-0.2, 0) is 26.9 Å². The third-order valence-corrected chi connectivity index (χ3v) is 6.68. The summed E-state index contributed by atoms with van der Waals surface area (Å²) in [6.45, 7) is 0. The number of amides is 1. The molecule has 0 fully saturated rings. The Hall–Kier alpha value is -3.59.